The number of hydrogen-bond acceptors (Lipinski definition) is 4. The maximum Gasteiger partial charge on any atom is 0.265 e. The summed E-state index contributed by atoms with van der Waals surface area (Å²) in [5.74, 6) is 0.337. The van der Waals surface area contributed by atoms with E-state index in [-0.39, 0.29) is 10.8 Å². The molecule has 0 saturated carbocycles. The van der Waals surface area contributed by atoms with Crippen molar-refractivity contribution in [3.05, 3.63) is 83.4 Å². The molecule has 3 aromatic carbocycles. The molecule has 0 aliphatic carbocycles. The number of carbonyl (C=O) groups is 1. The molecule has 0 unspecified atom stereocenters. The van der Waals surface area contributed by atoms with E-state index >= 15 is 0 Å². The lowest BCUT2D eigenvalue weighted by atomic mass is 10.1. The van der Waals surface area contributed by atoms with Gasteiger partial charge in [0.25, 0.3) is 15.9 Å². The summed E-state index contributed by atoms with van der Waals surface area (Å²) in [6.45, 7) is 7.72. The Kier molecular flexibility index (Phi) is 7.20. The molecule has 0 bridgehead atoms. The lowest BCUT2D eigenvalue weighted by Crippen LogP contribution is -2.32. The van der Waals surface area contributed by atoms with Crippen LogP contribution in [0.3, 0.4) is 0 Å². The van der Waals surface area contributed by atoms with Crippen LogP contribution in [0.5, 0.6) is 5.75 Å². The minimum absolute atomic E-state index is 0.108. The summed E-state index contributed by atoms with van der Waals surface area (Å²) in [5.41, 5.74) is 4.13. The minimum Gasteiger partial charge on any atom is -0.481 e. The summed E-state index contributed by atoms with van der Waals surface area (Å²) in [6, 6.07) is 19.0. The number of aryl methyl sites for hydroxylation is 3. The van der Waals surface area contributed by atoms with Crippen molar-refractivity contribution in [2.75, 3.05) is 10.0 Å². The average Bonchev–Trinajstić information content (AvgIpc) is 2.75. The molecule has 3 rings (SSSR count). The second kappa shape index (κ2) is 9.87. The van der Waals surface area contributed by atoms with Crippen LogP contribution in [0, 0.1) is 20.8 Å². The highest BCUT2D eigenvalue weighted by molar-refractivity contribution is 7.92. The number of benzene rings is 3. The Bertz CT molecular complexity index is 1200. The second-order valence-electron chi connectivity index (χ2n) is 7.75. The fraction of sp³-hybridized carbons (Fsp3) is 0.240. The van der Waals surface area contributed by atoms with Crippen molar-refractivity contribution < 1.29 is 17.9 Å². The van der Waals surface area contributed by atoms with Crippen molar-refractivity contribution in [2.24, 2.45) is 0 Å². The number of sulfonamides is 1. The molecule has 7 heteroatoms. The zero-order valence-corrected chi connectivity index (χ0v) is 19.5. The first-order valence-corrected chi connectivity index (χ1v) is 11.9. The molecular formula is C25H28N2O4S. The highest BCUT2D eigenvalue weighted by Crippen LogP contribution is 2.21. The summed E-state index contributed by atoms with van der Waals surface area (Å²) in [4.78, 5) is 12.8. The number of anilines is 2. The topological polar surface area (TPSA) is 84.5 Å². The molecule has 0 spiro atoms. The summed E-state index contributed by atoms with van der Waals surface area (Å²) in [7, 11) is -3.74. The van der Waals surface area contributed by atoms with Crippen molar-refractivity contribution in [1.82, 2.24) is 0 Å². The van der Waals surface area contributed by atoms with Gasteiger partial charge in [0, 0.05) is 11.4 Å². The summed E-state index contributed by atoms with van der Waals surface area (Å²) < 4.78 is 33.8. The van der Waals surface area contributed by atoms with E-state index in [1.54, 1.807) is 24.3 Å². The summed E-state index contributed by atoms with van der Waals surface area (Å²) in [5, 5.41) is 2.79. The largest absolute Gasteiger partial charge is 0.481 e. The van der Waals surface area contributed by atoms with Crippen LogP contribution in [0.2, 0.25) is 0 Å². The normalized spacial score (nSPS) is 12.1. The molecular weight excluding hydrogens is 424 g/mol. The summed E-state index contributed by atoms with van der Waals surface area (Å²) >= 11 is 0. The Morgan fingerprint density at radius 2 is 1.59 bits per heavy atom. The van der Waals surface area contributed by atoms with E-state index in [0.717, 1.165) is 16.7 Å². The number of amides is 1. The van der Waals surface area contributed by atoms with Crippen LogP contribution < -0.4 is 14.8 Å². The van der Waals surface area contributed by atoms with Crippen LogP contribution in [0.4, 0.5) is 11.4 Å². The van der Waals surface area contributed by atoms with Crippen molar-refractivity contribution in [3.8, 4) is 5.75 Å². The molecule has 1 amide bonds. The van der Waals surface area contributed by atoms with Crippen molar-refractivity contribution in [1.29, 1.82) is 0 Å². The fourth-order valence-electron chi connectivity index (χ4n) is 3.13. The Morgan fingerprint density at radius 3 is 2.22 bits per heavy atom. The van der Waals surface area contributed by atoms with Crippen LogP contribution in [0.25, 0.3) is 0 Å². The van der Waals surface area contributed by atoms with Gasteiger partial charge < -0.3 is 10.1 Å². The van der Waals surface area contributed by atoms with Gasteiger partial charge in [-0.05, 0) is 92.4 Å². The van der Waals surface area contributed by atoms with Crippen molar-refractivity contribution in [3.63, 3.8) is 0 Å². The van der Waals surface area contributed by atoms with Crippen molar-refractivity contribution >= 4 is 27.3 Å². The fourth-order valence-corrected chi connectivity index (χ4v) is 4.18. The van der Waals surface area contributed by atoms with Crippen LogP contribution in [0.15, 0.2) is 71.6 Å². The molecule has 2 N–H and O–H groups in total. The van der Waals surface area contributed by atoms with E-state index in [1.807, 2.05) is 58.0 Å². The second-order valence-corrected chi connectivity index (χ2v) is 9.43. The van der Waals surface area contributed by atoms with E-state index in [1.165, 1.54) is 12.1 Å². The van der Waals surface area contributed by atoms with Gasteiger partial charge in [0.2, 0.25) is 0 Å². The molecule has 0 heterocycles. The van der Waals surface area contributed by atoms with Gasteiger partial charge in [0.15, 0.2) is 6.10 Å². The zero-order valence-electron chi connectivity index (χ0n) is 18.7. The standard InChI is InChI=1S/C25H28N2O4S/c1-5-24(31-22-8-6-7-17(2)15-22)25(28)26-20-11-13-23(14-12-20)32(29,30)27-21-10-9-18(3)19(4)16-21/h6-16,24,27H,5H2,1-4H3,(H,26,28)/t24-/m0/s1. The molecule has 0 radical (unpaired) electrons. The van der Waals surface area contributed by atoms with Gasteiger partial charge in [-0.1, -0.05) is 25.1 Å². The lowest BCUT2D eigenvalue weighted by Gasteiger charge is -2.18. The molecule has 6 nitrogen and oxygen atoms in total. The number of rotatable bonds is 8. The first-order chi connectivity index (χ1) is 15.2. The summed E-state index contributed by atoms with van der Waals surface area (Å²) in [6.07, 6.45) is -0.168. The Morgan fingerprint density at radius 1 is 0.906 bits per heavy atom. The average molecular weight is 453 g/mol. The quantitative estimate of drug-likeness (QED) is 0.491. The van der Waals surface area contributed by atoms with Crippen LogP contribution in [-0.4, -0.2) is 20.4 Å². The van der Waals surface area contributed by atoms with E-state index < -0.39 is 16.1 Å². The van der Waals surface area contributed by atoms with Gasteiger partial charge in [0.05, 0.1) is 4.90 Å². The molecule has 0 saturated heterocycles. The molecule has 3 aromatic rings. The molecule has 1 atom stereocenters. The third-order valence-electron chi connectivity index (χ3n) is 5.12. The first kappa shape index (κ1) is 23.3. The van der Waals surface area contributed by atoms with Gasteiger partial charge in [-0.15, -0.1) is 0 Å². The number of ether oxygens (including phenoxy) is 1. The first-order valence-electron chi connectivity index (χ1n) is 10.4. The minimum atomic E-state index is -3.74. The monoisotopic (exact) mass is 452 g/mol. The number of carbonyl (C=O) groups excluding carboxylic acids is 1. The lowest BCUT2D eigenvalue weighted by molar-refractivity contribution is -0.122. The SMILES string of the molecule is CC[C@H](Oc1cccc(C)c1)C(=O)Nc1ccc(S(=O)(=O)Nc2ccc(C)c(C)c2)cc1. The highest BCUT2D eigenvalue weighted by atomic mass is 32.2. The van der Waals surface area contributed by atoms with E-state index in [4.69, 9.17) is 4.74 Å². The smallest absolute Gasteiger partial charge is 0.265 e. The molecule has 0 aromatic heterocycles. The van der Waals surface area contributed by atoms with Crippen molar-refractivity contribution in [2.45, 2.75) is 45.1 Å². The Labute approximate surface area is 189 Å². The zero-order chi connectivity index (χ0) is 23.3. The van der Waals surface area contributed by atoms with Crippen LogP contribution in [0.1, 0.15) is 30.0 Å². The van der Waals surface area contributed by atoms with Crippen LogP contribution in [-0.2, 0) is 14.8 Å². The van der Waals surface area contributed by atoms with Gasteiger partial charge in [-0.2, -0.15) is 0 Å². The maximum absolute atomic E-state index is 12.7. The van der Waals surface area contributed by atoms with Gasteiger partial charge in [-0.3, -0.25) is 9.52 Å². The molecule has 0 aliphatic rings. The molecule has 32 heavy (non-hydrogen) atoms. The maximum atomic E-state index is 12.7. The van der Waals surface area contributed by atoms with E-state index in [9.17, 15) is 13.2 Å². The number of nitrogens with one attached hydrogen (secondary N) is 2. The van der Waals surface area contributed by atoms with Gasteiger partial charge in [-0.25, -0.2) is 8.42 Å². The van der Waals surface area contributed by atoms with Crippen LogP contribution >= 0.6 is 0 Å². The van der Waals surface area contributed by atoms with E-state index in [2.05, 4.69) is 10.0 Å². The predicted octanol–water partition coefficient (Wildman–Crippen LogP) is 5.21. The predicted molar refractivity (Wildman–Crippen MR) is 128 cm³/mol. The third-order valence-corrected chi connectivity index (χ3v) is 6.52. The highest BCUT2D eigenvalue weighted by Gasteiger charge is 2.19. The molecule has 0 fully saturated rings. The molecule has 168 valence electrons. The van der Waals surface area contributed by atoms with Gasteiger partial charge >= 0.3 is 0 Å². The third kappa shape index (κ3) is 5.88. The number of hydrogen-bond donors (Lipinski definition) is 2. The Hall–Kier alpha value is -3.32. The van der Waals surface area contributed by atoms with Gasteiger partial charge in [0.1, 0.15) is 5.75 Å². The molecule has 0 aliphatic heterocycles. The Balaban J connectivity index is 1.67. The van der Waals surface area contributed by atoms with E-state index in [0.29, 0.717) is 23.5 Å².